The van der Waals surface area contributed by atoms with Gasteiger partial charge in [-0.15, -0.1) is 10.2 Å². The molecule has 1 heterocycles. The second kappa shape index (κ2) is 9.36. The van der Waals surface area contributed by atoms with Crippen molar-refractivity contribution >= 4 is 23.4 Å². The van der Waals surface area contributed by atoms with Gasteiger partial charge in [0.25, 0.3) is 0 Å². The van der Waals surface area contributed by atoms with E-state index in [2.05, 4.69) is 21.6 Å². The monoisotopic (exact) mass is 446 g/mol. The molecule has 4 rings (SSSR count). The molecule has 0 saturated heterocycles. The maximum Gasteiger partial charge on any atom is 0.242 e. The summed E-state index contributed by atoms with van der Waals surface area (Å²) in [6.07, 6.45) is 0. The van der Waals surface area contributed by atoms with Gasteiger partial charge in [0.2, 0.25) is 5.91 Å². The molecule has 3 aromatic carbocycles. The number of carbonyl (C=O) groups is 1. The van der Waals surface area contributed by atoms with Crippen LogP contribution in [0.5, 0.6) is 0 Å². The van der Waals surface area contributed by atoms with Gasteiger partial charge in [0.15, 0.2) is 11.0 Å². The van der Waals surface area contributed by atoms with E-state index in [9.17, 15) is 9.18 Å². The number of benzene rings is 3. The fourth-order valence-electron chi connectivity index (χ4n) is 3.56. The Bertz CT molecular complexity index is 1240. The van der Waals surface area contributed by atoms with Crippen molar-refractivity contribution in [1.29, 1.82) is 0 Å². The molecule has 1 unspecified atom stereocenters. The van der Waals surface area contributed by atoms with Crippen molar-refractivity contribution in [1.82, 2.24) is 14.8 Å². The largest absolute Gasteiger partial charge is 0.325 e. The van der Waals surface area contributed by atoms with Crippen LogP contribution in [0.3, 0.4) is 0 Å². The summed E-state index contributed by atoms with van der Waals surface area (Å²) in [4.78, 5) is 13.3. The van der Waals surface area contributed by atoms with E-state index in [0.717, 1.165) is 22.4 Å². The fraction of sp³-hybridized carbons (Fsp3) is 0.160. The van der Waals surface area contributed by atoms with Crippen molar-refractivity contribution in [2.24, 2.45) is 7.05 Å². The quantitative estimate of drug-likeness (QED) is 0.386. The SMILES string of the molecule is Cc1cc(C)cc(NC(=O)C(Sc2nnc(-c3ccccc3F)n2C)c2ccccc2)c1. The van der Waals surface area contributed by atoms with E-state index in [1.807, 2.05) is 56.3 Å². The Hall–Kier alpha value is -3.45. The molecule has 0 aliphatic heterocycles. The molecule has 1 N–H and O–H groups in total. The minimum Gasteiger partial charge on any atom is -0.325 e. The molecule has 162 valence electrons. The lowest BCUT2D eigenvalue weighted by molar-refractivity contribution is -0.115. The van der Waals surface area contributed by atoms with Crippen molar-refractivity contribution in [3.8, 4) is 11.4 Å². The molecule has 0 aliphatic carbocycles. The molecular formula is C25H23FN4OS. The van der Waals surface area contributed by atoms with E-state index in [4.69, 9.17) is 0 Å². The number of nitrogens with one attached hydrogen (secondary N) is 1. The standard InChI is InChI=1S/C25H23FN4OS/c1-16-13-17(2)15-19(14-16)27-24(31)22(18-9-5-4-6-10-18)32-25-29-28-23(30(25)3)20-11-7-8-12-21(20)26/h4-15,22H,1-3H3,(H,27,31). The van der Waals surface area contributed by atoms with Crippen LogP contribution in [0.4, 0.5) is 10.1 Å². The van der Waals surface area contributed by atoms with E-state index in [1.54, 1.807) is 29.8 Å². The van der Waals surface area contributed by atoms with Crippen LogP contribution in [0.15, 0.2) is 78.0 Å². The highest BCUT2D eigenvalue weighted by atomic mass is 32.2. The lowest BCUT2D eigenvalue weighted by atomic mass is 10.1. The maximum atomic E-state index is 14.3. The average Bonchev–Trinajstić information content (AvgIpc) is 3.12. The Kier molecular flexibility index (Phi) is 6.37. The Balaban J connectivity index is 1.65. The fourth-order valence-corrected chi connectivity index (χ4v) is 4.56. The average molecular weight is 447 g/mol. The molecule has 32 heavy (non-hydrogen) atoms. The number of aryl methyl sites for hydroxylation is 2. The third-order valence-electron chi connectivity index (χ3n) is 5.00. The highest BCUT2D eigenvalue weighted by Gasteiger charge is 2.26. The molecule has 5 nitrogen and oxygen atoms in total. The van der Waals surface area contributed by atoms with Crippen LogP contribution in [-0.2, 0) is 11.8 Å². The van der Waals surface area contributed by atoms with Gasteiger partial charge in [0.05, 0.1) is 5.56 Å². The van der Waals surface area contributed by atoms with Gasteiger partial charge >= 0.3 is 0 Å². The van der Waals surface area contributed by atoms with E-state index < -0.39 is 5.25 Å². The van der Waals surface area contributed by atoms with E-state index in [-0.39, 0.29) is 11.7 Å². The topological polar surface area (TPSA) is 59.8 Å². The molecule has 0 fully saturated rings. The summed E-state index contributed by atoms with van der Waals surface area (Å²) in [5.41, 5.74) is 4.11. The van der Waals surface area contributed by atoms with Gasteiger partial charge in [-0.25, -0.2) is 4.39 Å². The first-order chi connectivity index (χ1) is 15.4. The molecule has 0 spiro atoms. The summed E-state index contributed by atoms with van der Waals surface area (Å²) in [6.45, 7) is 3.99. The normalized spacial score (nSPS) is 11.9. The molecule has 0 radical (unpaired) electrons. The third-order valence-corrected chi connectivity index (χ3v) is 6.29. The smallest absolute Gasteiger partial charge is 0.242 e. The van der Waals surface area contributed by atoms with Gasteiger partial charge in [-0.2, -0.15) is 0 Å². The van der Waals surface area contributed by atoms with Crippen molar-refractivity contribution in [3.63, 3.8) is 0 Å². The molecular weight excluding hydrogens is 423 g/mol. The van der Waals surface area contributed by atoms with Crippen molar-refractivity contribution in [2.45, 2.75) is 24.3 Å². The maximum absolute atomic E-state index is 14.3. The number of nitrogens with zero attached hydrogens (tertiary/aromatic N) is 3. The predicted molar refractivity (Wildman–Crippen MR) is 126 cm³/mol. The number of anilines is 1. The van der Waals surface area contributed by atoms with Gasteiger partial charge in [0.1, 0.15) is 11.1 Å². The number of halogens is 1. The number of carbonyl (C=O) groups excluding carboxylic acids is 1. The first-order valence-corrected chi connectivity index (χ1v) is 11.1. The van der Waals surface area contributed by atoms with Crippen LogP contribution in [0, 0.1) is 19.7 Å². The second-order valence-corrected chi connectivity index (χ2v) is 8.69. The number of hydrogen-bond donors (Lipinski definition) is 1. The zero-order valence-corrected chi connectivity index (χ0v) is 18.9. The Morgan fingerprint density at radius 1 is 0.969 bits per heavy atom. The molecule has 1 atom stereocenters. The minimum atomic E-state index is -0.562. The Morgan fingerprint density at radius 2 is 1.62 bits per heavy atom. The Labute approximate surface area is 190 Å². The zero-order valence-electron chi connectivity index (χ0n) is 18.0. The van der Waals surface area contributed by atoms with Crippen molar-refractivity contribution in [2.75, 3.05) is 5.32 Å². The molecule has 0 saturated carbocycles. The first-order valence-electron chi connectivity index (χ1n) is 10.2. The van der Waals surface area contributed by atoms with Crippen LogP contribution in [-0.4, -0.2) is 20.7 Å². The lowest BCUT2D eigenvalue weighted by Crippen LogP contribution is -2.19. The highest BCUT2D eigenvalue weighted by molar-refractivity contribution is 8.00. The number of hydrogen-bond acceptors (Lipinski definition) is 4. The van der Waals surface area contributed by atoms with Crippen LogP contribution < -0.4 is 5.32 Å². The van der Waals surface area contributed by atoms with E-state index >= 15 is 0 Å². The Morgan fingerprint density at radius 3 is 2.31 bits per heavy atom. The molecule has 0 aliphatic rings. The minimum absolute atomic E-state index is 0.165. The number of aromatic nitrogens is 3. The zero-order chi connectivity index (χ0) is 22.7. The molecule has 1 aromatic heterocycles. The molecule has 4 aromatic rings. The van der Waals surface area contributed by atoms with Gasteiger partial charge in [0, 0.05) is 12.7 Å². The van der Waals surface area contributed by atoms with Crippen molar-refractivity contribution in [3.05, 3.63) is 95.3 Å². The van der Waals surface area contributed by atoms with Gasteiger partial charge in [-0.1, -0.05) is 60.3 Å². The summed E-state index contributed by atoms with van der Waals surface area (Å²) in [5.74, 6) is -0.125. The highest BCUT2D eigenvalue weighted by Crippen LogP contribution is 2.36. The lowest BCUT2D eigenvalue weighted by Gasteiger charge is -2.17. The van der Waals surface area contributed by atoms with Gasteiger partial charge in [-0.05, 0) is 54.8 Å². The van der Waals surface area contributed by atoms with Crippen molar-refractivity contribution < 1.29 is 9.18 Å². The van der Waals surface area contributed by atoms with Crippen LogP contribution >= 0.6 is 11.8 Å². The van der Waals surface area contributed by atoms with E-state index in [0.29, 0.717) is 16.5 Å². The van der Waals surface area contributed by atoms with Gasteiger partial charge < -0.3 is 9.88 Å². The van der Waals surface area contributed by atoms with Crippen LogP contribution in [0.25, 0.3) is 11.4 Å². The summed E-state index contributed by atoms with van der Waals surface area (Å²) in [5, 5.41) is 11.4. The number of amides is 1. The number of rotatable bonds is 6. The molecule has 1 amide bonds. The first kappa shape index (κ1) is 21.8. The van der Waals surface area contributed by atoms with Crippen LogP contribution in [0.1, 0.15) is 21.9 Å². The summed E-state index contributed by atoms with van der Waals surface area (Å²) in [7, 11) is 1.77. The number of thioether (sulfide) groups is 1. The summed E-state index contributed by atoms with van der Waals surface area (Å²) >= 11 is 1.28. The summed E-state index contributed by atoms with van der Waals surface area (Å²) < 4.78 is 16.0. The van der Waals surface area contributed by atoms with E-state index in [1.165, 1.54) is 17.8 Å². The van der Waals surface area contributed by atoms with Crippen LogP contribution in [0.2, 0.25) is 0 Å². The summed E-state index contributed by atoms with van der Waals surface area (Å²) in [6, 6.07) is 21.9. The molecule has 7 heteroatoms. The van der Waals surface area contributed by atoms with Gasteiger partial charge in [-0.3, -0.25) is 4.79 Å². The third kappa shape index (κ3) is 4.73. The second-order valence-electron chi connectivity index (χ2n) is 7.62. The predicted octanol–water partition coefficient (Wildman–Crippen LogP) is 5.71. The molecule has 0 bridgehead atoms.